The summed E-state index contributed by atoms with van der Waals surface area (Å²) < 4.78 is 0. The van der Waals surface area contributed by atoms with E-state index in [0.29, 0.717) is 30.2 Å². The third-order valence-corrected chi connectivity index (χ3v) is 6.11. The van der Waals surface area contributed by atoms with E-state index >= 15 is 0 Å². The van der Waals surface area contributed by atoms with Gasteiger partial charge in [-0.15, -0.1) is 0 Å². The number of hydrogen-bond donors (Lipinski definition) is 3. The quantitative estimate of drug-likeness (QED) is 0.313. The zero-order valence-corrected chi connectivity index (χ0v) is 19.9. The molecule has 0 bridgehead atoms. The summed E-state index contributed by atoms with van der Waals surface area (Å²) in [5.74, 6) is 1.05. The SMILES string of the molecule is O=C(NCc1nc(NCCCc2ccccc2)c2ccccc2n1)c1cccc(N2CCNC2=O)c1. The minimum atomic E-state index is -0.245. The molecular formula is C28H28N6O2. The van der Waals surface area contributed by atoms with Gasteiger partial charge >= 0.3 is 6.03 Å². The summed E-state index contributed by atoms with van der Waals surface area (Å²) in [6, 6.07) is 25.2. The summed E-state index contributed by atoms with van der Waals surface area (Å²) in [6.07, 6.45) is 1.96. The second-order valence-electron chi connectivity index (χ2n) is 8.64. The highest BCUT2D eigenvalue weighted by atomic mass is 16.2. The van der Waals surface area contributed by atoms with Crippen molar-refractivity contribution in [2.75, 3.05) is 29.9 Å². The van der Waals surface area contributed by atoms with Crippen molar-refractivity contribution in [3.8, 4) is 0 Å². The Morgan fingerprint density at radius 1 is 0.972 bits per heavy atom. The van der Waals surface area contributed by atoms with Crippen LogP contribution in [0.1, 0.15) is 28.2 Å². The first-order valence-electron chi connectivity index (χ1n) is 12.1. The average Bonchev–Trinajstić information content (AvgIpc) is 3.36. The molecule has 1 aromatic heterocycles. The van der Waals surface area contributed by atoms with Gasteiger partial charge in [0.15, 0.2) is 5.82 Å². The Hall–Kier alpha value is -4.46. The fourth-order valence-corrected chi connectivity index (χ4v) is 4.28. The number of hydrogen-bond acceptors (Lipinski definition) is 5. The maximum absolute atomic E-state index is 12.9. The Morgan fingerprint density at radius 3 is 2.64 bits per heavy atom. The van der Waals surface area contributed by atoms with Crippen LogP contribution in [0, 0.1) is 0 Å². The summed E-state index contributed by atoms with van der Waals surface area (Å²) in [6.45, 7) is 2.14. The largest absolute Gasteiger partial charge is 0.369 e. The number of anilines is 2. The van der Waals surface area contributed by atoms with Crippen LogP contribution in [0.25, 0.3) is 10.9 Å². The molecule has 8 heteroatoms. The van der Waals surface area contributed by atoms with Gasteiger partial charge in [0.25, 0.3) is 5.91 Å². The van der Waals surface area contributed by atoms with Crippen LogP contribution in [0.4, 0.5) is 16.3 Å². The molecule has 1 aliphatic rings. The Morgan fingerprint density at radius 2 is 1.81 bits per heavy atom. The standard InChI is InChI=1S/C28H28N6O2/c35-27(21-11-6-12-22(18-21)34-17-16-30-28(34)36)31-19-25-32-24-14-5-4-13-23(24)26(33-25)29-15-7-10-20-8-2-1-3-9-20/h1-6,8-9,11-14,18H,7,10,15-17,19H2,(H,30,36)(H,31,35)(H,29,32,33). The number of para-hydroxylation sites is 1. The number of rotatable bonds is 9. The van der Waals surface area contributed by atoms with Crippen LogP contribution >= 0.6 is 0 Å². The van der Waals surface area contributed by atoms with Crippen molar-refractivity contribution in [1.29, 1.82) is 0 Å². The predicted octanol–water partition coefficient (Wildman–Crippen LogP) is 4.13. The predicted molar refractivity (Wildman–Crippen MR) is 141 cm³/mol. The van der Waals surface area contributed by atoms with Gasteiger partial charge in [-0.1, -0.05) is 48.5 Å². The zero-order chi connectivity index (χ0) is 24.7. The molecule has 0 radical (unpaired) electrons. The molecule has 0 atom stereocenters. The van der Waals surface area contributed by atoms with Gasteiger partial charge in [0.2, 0.25) is 0 Å². The Kier molecular flexibility index (Phi) is 7.02. The number of amides is 3. The first-order valence-corrected chi connectivity index (χ1v) is 12.1. The molecule has 182 valence electrons. The molecule has 3 aromatic carbocycles. The Bertz CT molecular complexity index is 1380. The highest BCUT2D eigenvalue weighted by Gasteiger charge is 2.21. The van der Waals surface area contributed by atoms with Crippen LogP contribution in [0.5, 0.6) is 0 Å². The number of aromatic nitrogens is 2. The second-order valence-corrected chi connectivity index (χ2v) is 8.64. The van der Waals surface area contributed by atoms with E-state index < -0.39 is 0 Å². The van der Waals surface area contributed by atoms with Gasteiger partial charge in [-0.2, -0.15) is 0 Å². The van der Waals surface area contributed by atoms with Crippen LogP contribution in [0.15, 0.2) is 78.9 Å². The molecule has 0 spiro atoms. The van der Waals surface area contributed by atoms with E-state index in [-0.39, 0.29) is 18.5 Å². The molecule has 5 rings (SSSR count). The smallest absolute Gasteiger partial charge is 0.321 e. The number of aryl methyl sites for hydroxylation is 1. The second kappa shape index (κ2) is 10.9. The number of fused-ring (bicyclic) bond motifs is 1. The molecule has 4 aromatic rings. The van der Waals surface area contributed by atoms with Crippen LogP contribution in [0.3, 0.4) is 0 Å². The van der Waals surface area contributed by atoms with Gasteiger partial charge in [-0.25, -0.2) is 14.8 Å². The summed E-state index contributed by atoms with van der Waals surface area (Å²) in [5, 5.41) is 10.1. The fraction of sp³-hybridized carbons (Fsp3) is 0.214. The highest BCUT2D eigenvalue weighted by molar-refractivity contribution is 5.98. The first kappa shape index (κ1) is 23.3. The fourth-order valence-electron chi connectivity index (χ4n) is 4.28. The van der Waals surface area contributed by atoms with Gasteiger partial charge in [0.1, 0.15) is 5.82 Å². The molecule has 3 amide bonds. The van der Waals surface area contributed by atoms with Crippen molar-refractivity contribution < 1.29 is 9.59 Å². The zero-order valence-electron chi connectivity index (χ0n) is 19.9. The number of nitrogens with zero attached hydrogens (tertiary/aromatic N) is 3. The molecule has 0 saturated carbocycles. The first-order chi connectivity index (χ1) is 17.7. The van der Waals surface area contributed by atoms with Crippen LogP contribution in [-0.4, -0.2) is 41.5 Å². The van der Waals surface area contributed by atoms with Gasteiger partial charge in [-0.3, -0.25) is 9.69 Å². The van der Waals surface area contributed by atoms with Crippen molar-refractivity contribution in [3.05, 3.63) is 95.8 Å². The Labute approximate surface area is 209 Å². The van der Waals surface area contributed by atoms with Crippen molar-refractivity contribution in [3.63, 3.8) is 0 Å². The van der Waals surface area contributed by atoms with Crippen molar-refractivity contribution in [2.24, 2.45) is 0 Å². The molecule has 1 fully saturated rings. The number of nitrogens with one attached hydrogen (secondary N) is 3. The lowest BCUT2D eigenvalue weighted by atomic mass is 10.1. The summed E-state index contributed by atoms with van der Waals surface area (Å²) in [4.78, 5) is 35.8. The molecule has 3 N–H and O–H groups in total. The molecule has 1 aliphatic heterocycles. The number of carbonyl (C=O) groups excluding carboxylic acids is 2. The number of carbonyl (C=O) groups is 2. The van der Waals surface area contributed by atoms with Gasteiger partial charge < -0.3 is 16.0 Å². The van der Waals surface area contributed by atoms with E-state index in [0.717, 1.165) is 36.1 Å². The van der Waals surface area contributed by atoms with Gasteiger partial charge in [0.05, 0.1) is 12.1 Å². The monoisotopic (exact) mass is 480 g/mol. The lowest BCUT2D eigenvalue weighted by Crippen LogP contribution is -2.28. The molecule has 0 aliphatic carbocycles. The van der Waals surface area contributed by atoms with Crippen LogP contribution in [0.2, 0.25) is 0 Å². The lowest BCUT2D eigenvalue weighted by Gasteiger charge is -2.15. The molecular weight excluding hydrogens is 452 g/mol. The molecule has 36 heavy (non-hydrogen) atoms. The maximum Gasteiger partial charge on any atom is 0.321 e. The van der Waals surface area contributed by atoms with E-state index in [1.165, 1.54) is 5.56 Å². The highest BCUT2D eigenvalue weighted by Crippen LogP contribution is 2.21. The minimum Gasteiger partial charge on any atom is -0.369 e. The summed E-state index contributed by atoms with van der Waals surface area (Å²) in [7, 11) is 0. The van der Waals surface area contributed by atoms with E-state index in [4.69, 9.17) is 4.98 Å². The van der Waals surface area contributed by atoms with E-state index in [1.807, 2.05) is 36.4 Å². The number of benzene rings is 3. The molecule has 0 unspecified atom stereocenters. The van der Waals surface area contributed by atoms with Crippen molar-refractivity contribution in [2.45, 2.75) is 19.4 Å². The van der Waals surface area contributed by atoms with Crippen LogP contribution in [-0.2, 0) is 13.0 Å². The topological polar surface area (TPSA) is 99.2 Å². The molecule has 1 saturated heterocycles. The summed E-state index contributed by atoms with van der Waals surface area (Å²) >= 11 is 0. The van der Waals surface area contributed by atoms with Crippen molar-refractivity contribution in [1.82, 2.24) is 20.6 Å². The maximum atomic E-state index is 12.9. The third kappa shape index (κ3) is 5.43. The molecule has 8 nitrogen and oxygen atoms in total. The number of urea groups is 1. The van der Waals surface area contributed by atoms with Gasteiger partial charge in [-0.05, 0) is 48.7 Å². The van der Waals surface area contributed by atoms with Gasteiger partial charge in [0, 0.05) is 36.3 Å². The van der Waals surface area contributed by atoms with E-state index in [2.05, 4.69) is 45.2 Å². The van der Waals surface area contributed by atoms with Crippen molar-refractivity contribution >= 4 is 34.3 Å². The summed E-state index contributed by atoms with van der Waals surface area (Å²) in [5.41, 5.74) is 3.31. The average molecular weight is 481 g/mol. The normalized spacial score (nSPS) is 13.0. The Balaban J connectivity index is 1.25. The lowest BCUT2D eigenvalue weighted by molar-refractivity contribution is 0.0950. The minimum absolute atomic E-state index is 0.152. The van der Waals surface area contributed by atoms with E-state index in [1.54, 1.807) is 23.1 Å². The molecule has 2 heterocycles. The van der Waals surface area contributed by atoms with E-state index in [9.17, 15) is 9.59 Å². The third-order valence-electron chi connectivity index (χ3n) is 6.11. The van der Waals surface area contributed by atoms with Crippen LogP contribution < -0.4 is 20.9 Å².